The van der Waals surface area contributed by atoms with Gasteiger partial charge in [-0.05, 0) is 31.5 Å². The number of hydrogen-bond acceptors (Lipinski definition) is 2. The number of rotatable bonds is 2. The Hall–Kier alpha value is -1.62. The SMILES string of the molecule is CC1(C)C(=O)NCC(=O)N1Cc1ccc(F)cc1Cl. The van der Waals surface area contributed by atoms with Crippen molar-refractivity contribution in [2.45, 2.75) is 25.9 Å². The maximum Gasteiger partial charge on any atom is 0.245 e. The number of carbonyl (C=O) groups excluding carboxylic acids is 2. The highest BCUT2D eigenvalue weighted by molar-refractivity contribution is 6.31. The Balaban J connectivity index is 2.29. The van der Waals surface area contributed by atoms with Gasteiger partial charge in [-0.3, -0.25) is 9.59 Å². The predicted octanol–water partition coefficient (Wildman–Crippen LogP) is 1.72. The van der Waals surface area contributed by atoms with E-state index >= 15 is 0 Å². The van der Waals surface area contributed by atoms with Crippen LogP contribution in [0.15, 0.2) is 18.2 Å². The largest absolute Gasteiger partial charge is 0.345 e. The van der Waals surface area contributed by atoms with Gasteiger partial charge in [0.15, 0.2) is 0 Å². The minimum atomic E-state index is -0.951. The van der Waals surface area contributed by atoms with Gasteiger partial charge < -0.3 is 10.2 Å². The quantitative estimate of drug-likeness (QED) is 0.899. The maximum atomic E-state index is 13.0. The Kier molecular flexibility index (Phi) is 3.49. The van der Waals surface area contributed by atoms with E-state index in [2.05, 4.69) is 5.32 Å². The molecule has 1 aromatic carbocycles. The standard InChI is InChI=1S/C13H14ClFN2O2/c1-13(2)12(19)16-6-11(18)17(13)7-8-3-4-9(15)5-10(8)14/h3-5H,6-7H2,1-2H3,(H,16,19). The molecule has 1 N–H and O–H groups in total. The minimum absolute atomic E-state index is 0.0267. The summed E-state index contributed by atoms with van der Waals surface area (Å²) < 4.78 is 13.0. The van der Waals surface area contributed by atoms with Crippen LogP contribution in [0.4, 0.5) is 4.39 Å². The first-order chi connectivity index (χ1) is 8.82. The fraction of sp³-hybridized carbons (Fsp3) is 0.385. The molecule has 1 heterocycles. The van der Waals surface area contributed by atoms with Gasteiger partial charge in [-0.25, -0.2) is 4.39 Å². The summed E-state index contributed by atoms with van der Waals surface area (Å²) in [6.07, 6.45) is 0. The molecule has 0 saturated carbocycles. The Morgan fingerprint density at radius 1 is 1.42 bits per heavy atom. The van der Waals surface area contributed by atoms with Crippen LogP contribution in [-0.2, 0) is 16.1 Å². The zero-order valence-corrected chi connectivity index (χ0v) is 11.4. The molecule has 1 aliphatic heterocycles. The van der Waals surface area contributed by atoms with Crippen molar-refractivity contribution in [3.63, 3.8) is 0 Å². The van der Waals surface area contributed by atoms with Crippen molar-refractivity contribution in [1.82, 2.24) is 10.2 Å². The monoisotopic (exact) mass is 284 g/mol. The summed E-state index contributed by atoms with van der Waals surface area (Å²) in [6.45, 7) is 3.48. The summed E-state index contributed by atoms with van der Waals surface area (Å²) in [5.74, 6) is -0.842. The van der Waals surface area contributed by atoms with Gasteiger partial charge in [0.2, 0.25) is 11.8 Å². The average molecular weight is 285 g/mol. The van der Waals surface area contributed by atoms with E-state index in [1.807, 2.05) is 0 Å². The molecule has 19 heavy (non-hydrogen) atoms. The molecule has 102 valence electrons. The second kappa shape index (κ2) is 4.81. The number of nitrogens with zero attached hydrogens (tertiary/aromatic N) is 1. The first kappa shape index (κ1) is 13.8. The van der Waals surface area contributed by atoms with Gasteiger partial charge in [0.05, 0.1) is 6.54 Å². The van der Waals surface area contributed by atoms with E-state index in [0.29, 0.717) is 5.56 Å². The topological polar surface area (TPSA) is 49.4 Å². The van der Waals surface area contributed by atoms with Gasteiger partial charge in [-0.15, -0.1) is 0 Å². The van der Waals surface area contributed by atoms with Crippen LogP contribution in [0, 0.1) is 5.82 Å². The number of amides is 2. The van der Waals surface area contributed by atoms with Crippen LogP contribution in [0.5, 0.6) is 0 Å². The van der Waals surface area contributed by atoms with Crippen molar-refractivity contribution in [2.75, 3.05) is 6.54 Å². The third-order valence-electron chi connectivity index (χ3n) is 3.28. The highest BCUT2D eigenvalue weighted by atomic mass is 35.5. The fourth-order valence-electron chi connectivity index (χ4n) is 2.01. The van der Waals surface area contributed by atoms with Gasteiger partial charge in [0.1, 0.15) is 11.4 Å². The second-order valence-corrected chi connectivity index (χ2v) is 5.36. The summed E-state index contributed by atoms with van der Waals surface area (Å²) in [5.41, 5.74) is -0.341. The van der Waals surface area contributed by atoms with Crippen LogP contribution in [0.25, 0.3) is 0 Å². The molecule has 0 aliphatic carbocycles. The van der Waals surface area contributed by atoms with Crippen LogP contribution in [-0.4, -0.2) is 28.8 Å². The summed E-state index contributed by atoms with van der Waals surface area (Å²) in [7, 11) is 0. The Labute approximate surface area is 115 Å². The first-order valence-corrected chi connectivity index (χ1v) is 6.23. The lowest BCUT2D eigenvalue weighted by molar-refractivity contribution is -0.152. The Morgan fingerprint density at radius 3 is 2.74 bits per heavy atom. The summed E-state index contributed by atoms with van der Waals surface area (Å²) in [6, 6.07) is 3.99. The molecule has 2 amide bonds. The second-order valence-electron chi connectivity index (χ2n) is 4.96. The van der Waals surface area contributed by atoms with E-state index in [-0.39, 0.29) is 29.9 Å². The van der Waals surface area contributed by atoms with Crippen molar-refractivity contribution in [2.24, 2.45) is 0 Å². The number of piperazine rings is 1. The molecule has 0 atom stereocenters. The van der Waals surface area contributed by atoms with E-state index in [1.165, 1.54) is 23.1 Å². The van der Waals surface area contributed by atoms with Crippen LogP contribution in [0.1, 0.15) is 19.4 Å². The summed E-state index contributed by atoms with van der Waals surface area (Å²) >= 11 is 5.95. The molecule has 1 aliphatic rings. The molecule has 0 unspecified atom stereocenters. The number of benzene rings is 1. The molecule has 1 aromatic rings. The zero-order valence-electron chi connectivity index (χ0n) is 10.7. The molecule has 2 rings (SSSR count). The van der Waals surface area contributed by atoms with Crippen LogP contribution in [0.2, 0.25) is 5.02 Å². The minimum Gasteiger partial charge on any atom is -0.345 e. The average Bonchev–Trinajstić information content (AvgIpc) is 2.32. The van der Waals surface area contributed by atoms with Crippen molar-refractivity contribution < 1.29 is 14.0 Å². The third-order valence-corrected chi connectivity index (χ3v) is 3.63. The lowest BCUT2D eigenvalue weighted by atomic mass is 9.97. The molecular formula is C13H14ClFN2O2. The van der Waals surface area contributed by atoms with Crippen molar-refractivity contribution >= 4 is 23.4 Å². The van der Waals surface area contributed by atoms with Crippen molar-refractivity contribution in [3.8, 4) is 0 Å². The van der Waals surface area contributed by atoms with E-state index in [1.54, 1.807) is 13.8 Å². The molecule has 0 bridgehead atoms. The molecular weight excluding hydrogens is 271 g/mol. The number of carbonyl (C=O) groups is 2. The smallest absolute Gasteiger partial charge is 0.245 e. The first-order valence-electron chi connectivity index (χ1n) is 5.85. The zero-order chi connectivity index (χ0) is 14.2. The van der Waals surface area contributed by atoms with Crippen LogP contribution < -0.4 is 5.32 Å². The van der Waals surface area contributed by atoms with Gasteiger partial charge in [0, 0.05) is 11.6 Å². The molecule has 6 heteroatoms. The number of nitrogens with one attached hydrogen (secondary N) is 1. The highest BCUT2D eigenvalue weighted by Crippen LogP contribution is 2.25. The van der Waals surface area contributed by atoms with Crippen LogP contribution in [0.3, 0.4) is 0 Å². The van der Waals surface area contributed by atoms with Crippen molar-refractivity contribution in [1.29, 1.82) is 0 Å². The summed E-state index contributed by atoms with van der Waals surface area (Å²) in [4.78, 5) is 25.2. The lowest BCUT2D eigenvalue weighted by Crippen LogP contribution is -2.63. The fourth-order valence-corrected chi connectivity index (χ4v) is 2.24. The number of halogens is 2. The molecule has 1 saturated heterocycles. The third kappa shape index (κ3) is 2.56. The Bertz CT molecular complexity index is 545. The van der Waals surface area contributed by atoms with E-state index in [9.17, 15) is 14.0 Å². The lowest BCUT2D eigenvalue weighted by Gasteiger charge is -2.41. The van der Waals surface area contributed by atoms with E-state index < -0.39 is 11.4 Å². The molecule has 4 nitrogen and oxygen atoms in total. The van der Waals surface area contributed by atoms with Gasteiger partial charge in [0.25, 0.3) is 0 Å². The van der Waals surface area contributed by atoms with Gasteiger partial charge in [-0.1, -0.05) is 17.7 Å². The van der Waals surface area contributed by atoms with Gasteiger partial charge in [-0.2, -0.15) is 0 Å². The Morgan fingerprint density at radius 2 is 2.11 bits per heavy atom. The molecule has 0 spiro atoms. The van der Waals surface area contributed by atoms with Gasteiger partial charge >= 0.3 is 0 Å². The van der Waals surface area contributed by atoms with Crippen molar-refractivity contribution in [3.05, 3.63) is 34.6 Å². The van der Waals surface area contributed by atoms with E-state index in [0.717, 1.165) is 0 Å². The highest BCUT2D eigenvalue weighted by Gasteiger charge is 2.41. The maximum absolute atomic E-state index is 13.0. The molecule has 1 fully saturated rings. The normalized spacial score (nSPS) is 18.4. The predicted molar refractivity (Wildman–Crippen MR) is 69.0 cm³/mol. The van der Waals surface area contributed by atoms with E-state index in [4.69, 9.17) is 11.6 Å². The molecule has 0 radical (unpaired) electrons. The molecule has 0 aromatic heterocycles. The van der Waals surface area contributed by atoms with Crippen LogP contribution >= 0.6 is 11.6 Å². The number of hydrogen-bond donors (Lipinski definition) is 1. The summed E-state index contributed by atoms with van der Waals surface area (Å²) in [5, 5.41) is 2.78.